The van der Waals surface area contributed by atoms with E-state index in [9.17, 15) is 0 Å². The third kappa shape index (κ3) is 2.66. The molecule has 0 aromatic carbocycles. The molecule has 2 atom stereocenters. The molecule has 0 amide bonds. The lowest BCUT2D eigenvalue weighted by Gasteiger charge is -2.32. The molecule has 78 valence electrons. The number of likely N-dealkylation sites (N-methyl/N-ethyl adjacent to an activating group) is 2. The van der Waals surface area contributed by atoms with Crippen LogP contribution in [0.1, 0.15) is 20.3 Å². The van der Waals surface area contributed by atoms with Gasteiger partial charge in [-0.3, -0.25) is 4.90 Å². The lowest BCUT2D eigenvalue weighted by atomic mass is 10.1. The van der Waals surface area contributed by atoms with Crippen LogP contribution in [0.2, 0.25) is 0 Å². The van der Waals surface area contributed by atoms with Crippen molar-refractivity contribution in [2.24, 2.45) is 5.73 Å². The van der Waals surface area contributed by atoms with Crippen LogP contribution < -0.4 is 5.73 Å². The average molecular weight is 185 g/mol. The number of nitrogens with two attached hydrogens (primary N) is 1. The minimum atomic E-state index is 0.549. The highest BCUT2D eigenvalue weighted by Crippen LogP contribution is 2.13. The fourth-order valence-corrected chi connectivity index (χ4v) is 2.27. The lowest BCUT2D eigenvalue weighted by molar-refractivity contribution is 0.157. The standard InChI is InChI=1S/C10H23N3/c1-4-13-9(2)5-6-12(3)8-10(13)7-11/h9-10H,4-8,11H2,1-3H3. The Hall–Kier alpha value is -0.120. The Balaban J connectivity index is 2.64. The van der Waals surface area contributed by atoms with Gasteiger partial charge in [-0.25, -0.2) is 0 Å². The van der Waals surface area contributed by atoms with Gasteiger partial charge in [0.05, 0.1) is 0 Å². The van der Waals surface area contributed by atoms with Gasteiger partial charge in [-0.05, 0) is 33.5 Å². The molecule has 3 nitrogen and oxygen atoms in total. The monoisotopic (exact) mass is 185 g/mol. The van der Waals surface area contributed by atoms with E-state index in [1.807, 2.05) is 0 Å². The Morgan fingerprint density at radius 2 is 2.15 bits per heavy atom. The van der Waals surface area contributed by atoms with Crippen LogP contribution in [0, 0.1) is 0 Å². The summed E-state index contributed by atoms with van der Waals surface area (Å²) in [5, 5.41) is 0. The zero-order chi connectivity index (χ0) is 9.84. The van der Waals surface area contributed by atoms with E-state index in [1.54, 1.807) is 0 Å². The predicted octanol–water partition coefficient (Wildman–Crippen LogP) is 0.360. The van der Waals surface area contributed by atoms with Gasteiger partial charge in [-0.2, -0.15) is 0 Å². The first kappa shape index (κ1) is 11.0. The molecule has 13 heavy (non-hydrogen) atoms. The summed E-state index contributed by atoms with van der Waals surface area (Å²) in [5.41, 5.74) is 5.79. The minimum Gasteiger partial charge on any atom is -0.329 e. The fourth-order valence-electron chi connectivity index (χ4n) is 2.27. The molecule has 1 heterocycles. The zero-order valence-electron chi connectivity index (χ0n) is 9.16. The molecule has 0 spiro atoms. The van der Waals surface area contributed by atoms with Crippen LogP contribution in [0.3, 0.4) is 0 Å². The van der Waals surface area contributed by atoms with Crippen LogP contribution in [-0.4, -0.2) is 55.1 Å². The maximum Gasteiger partial charge on any atom is 0.0348 e. The second kappa shape index (κ2) is 4.94. The van der Waals surface area contributed by atoms with Crippen molar-refractivity contribution < 1.29 is 0 Å². The van der Waals surface area contributed by atoms with Crippen LogP contribution in [0.5, 0.6) is 0 Å². The molecule has 0 bridgehead atoms. The summed E-state index contributed by atoms with van der Waals surface area (Å²) in [4.78, 5) is 4.92. The SMILES string of the molecule is CCN1C(C)CCN(C)CC1CN. The zero-order valence-corrected chi connectivity index (χ0v) is 9.16. The van der Waals surface area contributed by atoms with Crippen molar-refractivity contribution in [3.8, 4) is 0 Å². The first-order valence-corrected chi connectivity index (χ1v) is 5.33. The van der Waals surface area contributed by atoms with Crippen LogP contribution >= 0.6 is 0 Å². The van der Waals surface area contributed by atoms with Gasteiger partial charge in [0.2, 0.25) is 0 Å². The Morgan fingerprint density at radius 1 is 1.46 bits per heavy atom. The van der Waals surface area contributed by atoms with Crippen LogP contribution in [0.15, 0.2) is 0 Å². The van der Waals surface area contributed by atoms with Crippen LogP contribution in [0.4, 0.5) is 0 Å². The van der Waals surface area contributed by atoms with Gasteiger partial charge in [0.15, 0.2) is 0 Å². The summed E-state index contributed by atoms with van der Waals surface area (Å²) in [6.45, 7) is 8.76. The summed E-state index contributed by atoms with van der Waals surface area (Å²) >= 11 is 0. The third-order valence-electron chi connectivity index (χ3n) is 3.12. The number of hydrogen-bond acceptors (Lipinski definition) is 3. The second-order valence-corrected chi connectivity index (χ2v) is 4.12. The molecule has 1 aliphatic heterocycles. The number of rotatable bonds is 2. The van der Waals surface area contributed by atoms with Crippen molar-refractivity contribution in [1.82, 2.24) is 9.80 Å². The van der Waals surface area contributed by atoms with E-state index < -0.39 is 0 Å². The summed E-state index contributed by atoms with van der Waals surface area (Å²) in [5.74, 6) is 0. The van der Waals surface area contributed by atoms with Crippen molar-refractivity contribution in [1.29, 1.82) is 0 Å². The minimum absolute atomic E-state index is 0.549. The Bertz CT molecular complexity index is 149. The molecular formula is C10H23N3. The average Bonchev–Trinajstić information content (AvgIpc) is 2.26. The molecule has 1 fully saturated rings. The molecular weight excluding hydrogens is 162 g/mol. The fraction of sp³-hybridized carbons (Fsp3) is 1.00. The number of nitrogens with zero attached hydrogens (tertiary/aromatic N) is 2. The largest absolute Gasteiger partial charge is 0.329 e. The predicted molar refractivity (Wildman–Crippen MR) is 56.8 cm³/mol. The topological polar surface area (TPSA) is 32.5 Å². The maximum absolute atomic E-state index is 5.79. The van der Waals surface area contributed by atoms with E-state index in [1.165, 1.54) is 13.0 Å². The smallest absolute Gasteiger partial charge is 0.0348 e. The molecule has 1 rings (SSSR count). The molecule has 2 unspecified atom stereocenters. The third-order valence-corrected chi connectivity index (χ3v) is 3.12. The van der Waals surface area contributed by atoms with E-state index in [2.05, 4.69) is 30.7 Å². The van der Waals surface area contributed by atoms with Crippen LogP contribution in [-0.2, 0) is 0 Å². The van der Waals surface area contributed by atoms with Crippen molar-refractivity contribution in [2.45, 2.75) is 32.4 Å². The van der Waals surface area contributed by atoms with Gasteiger partial charge in [0.1, 0.15) is 0 Å². The number of hydrogen-bond donors (Lipinski definition) is 1. The molecule has 0 radical (unpaired) electrons. The van der Waals surface area contributed by atoms with Gasteiger partial charge < -0.3 is 10.6 Å². The van der Waals surface area contributed by atoms with Gasteiger partial charge in [0, 0.05) is 25.2 Å². The summed E-state index contributed by atoms with van der Waals surface area (Å²) in [7, 11) is 2.19. The highest BCUT2D eigenvalue weighted by atomic mass is 15.3. The molecule has 0 aromatic rings. The molecule has 0 saturated carbocycles. The normalized spacial score (nSPS) is 33.2. The van der Waals surface area contributed by atoms with Gasteiger partial charge in [-0.1, -0.05) is 6.92 Å². The van der Waals surface area contributed by atoms with Gasteiger partial charge in [-0.15, -0.1) is 0 Å². The lowest BCUT2D eigenvalue weighted by Crippen LogP contribution is -2.47. The van der Waals surface area contributed by atoms with Gasteiger partial charge in [0.25, 0.3) is 0 Å². The summed E-state index contributed by atoms with van der Waals surface area (Å²) in [6, 6.07) is 1.23. The highest BCUT2D eigenvalue weighted by molar-refractivity contribution is 4.83. The Kier molecular flexibility index (Phi) is 4.16. The van der Waals surface area contributed by atoms with Crippen molar-refractivity contribution in [3.63, 3.8) is 0 Å². The molecule has 2 N–H and O–H groups in total. The van der Waals surface area contributed by atoms with E-state index in [-0.39, 0.29) is 0 Å². The molecule has 0 aliphatic carbocycles. The first-order valence-electron chi connectivity index (χ1n) is 5.33. The van der Waals surface area contributed by atoms with Crippen molar-refractivity contribution >= 4 is 0 Å². The second-order valence-electron chi connectivity index (χ2n) is 4.12. The van der Waals surface area contributed by atoms with E-state index >= 15 is 0 Å². The first-order chi connectivity index (χ1) is 6.19. The highest BCUT2D eigenvalue weighted by Gasteiger charge is 2.25. The molecule has 1 aliphatic rings. The van der Waals surface area contributed by atoms with Gasteiger partial charge >= 0.3 is 0 Å². The van der Waals surface area contributed by atoms with Crippen LogP contribution in [0.25, 0.3) is 0 Å². The summed E-state index contributed by atoms with van der Waals surface area (Å²) in [6.07, 6.45) is 1.26. The summed E-state index contributed by atoms with van der Waals surface area (Å²) < 4.78 is 0. The maximum atomic E-state index is 5.79. The van der Waals surface area contributed by atoms with E-state index in [0.29, 0.717) is 12.1 Å². The molecule has 0 aromatic heterocycles. The quantitative estimate of drug-likeness (QED) is 0.674. The van der Waals surface area contributed by atoms with Crippen molar-refractivity contribution in [2.75, 3.05) is 33.2 Å². The Labute approximate surface area is 81.9 Å². The molecule has 3 heteroatoms. The van der Waals surface area contributed by atoms with E-state index in [0.717, 1.165) is 19.6 Å². The van der Waals surface area contributed by atoms with E-state index in [4.69, 9.17) is 5.73 Å². The molecule has 1 saturated heterocycles. The van der Waals surface area contributed by atoms with Crippen molar-refractivity contribution in [3.05, 3.63) is 0 Å². The Morgan fingerprint density at radius 3 is 2.69 bits per heavy atom.